The lowest BCUT2D eigenvalue weighted by Gasteiger charge is -2.34. The molecule has 0 saturated carbocycles. The monoisotopic (exact) mass is 421 g/mol. The first-order chi connectivity index (χ1) is 13.0. The molecule has 1 heterocycles. The number of nitrogens with zero attached hydrogens (tertiary/aromatic N) is 2. The van der Waals surface area contributed by atoms with Crippen LogP contribution in [0.1, 0.15) is 17.5 Å². The molecule has 7 heteroatoms. The SMILES string of the molecule is CN(Cc1ccccc1)C(=O)CC1NCCN(Cc2ccccc2Cl)C1=O.Cl. The van der Waals surface area contributed by atoms with Crippen LogP contribution in [0.15, 0.2) is 54.6 Å². The molecular weight excluding hydrogens is 397 g/mol. The van der Waals surface area contributed by atoms with Gasteiger partial charge in [0.25, 0.3) is 0 Å². The Morgan fingerprint density at radius 2 is 1.86 bits per heavy atom. The predicted molar refractivity (Wildman–Crippen MR) is 113 cm³/mol. The van der Waals surface area contributed by atoms with Crippen LogP contribution in [0.3, 0.4) is 0 Å². The highest BCUT2D eigenvalue weighted by Crippen LogP contribution is 2.19. The van der Waals surface area contributed by atoms with Crippen LogP contribution in [0.4, 0.5) is 0 Å². The molecule has 0 aromatic heterocycles. The molecule has 28 heavy (non-hydrogen) atoms. The number of benzene rings is 2. The summed E-state index contributed by atoms with van der Waals surface area (Å²) in [6, 6.07) is 16.9. The molecule has 0 radical (unpaired) electrons. The van der Waals surface area contributed by atoms with Gasteiger partial charge < -0.3 is 15.1 Å². The van der Waals surface area contributed by atoms with Crippen molar-refractivity contribution in [3.8, 4) is 0 Å². The second kappa shape index (κ2) is 10.5. The Morgan fingerprint density at radius 1 is 1.18 bits per heavy atom. The van der Waals surface area contributed by atoms with Gasteiger partial charge in [0.15, 0.2) is 0 Å². The molecule has 2 aromatic rings. The van der Waals surface area contributed by atoms with Crippen LogP contribution in [-0.2, 0) is 22.7 Å². The van der Waals surface area contributed by atoms with Gasteiger partial charge in [-0.1, -0.05) is 60.1 Å². The largest absolute Gasteiger partial charge is 0.341 e. The zero-order valence-corrected chi connectivity index (χ0v) is 17.4. The van der Waals surface area contributed by atoms with E-state index < -0.39 is 6.04 Å². The van der Waals surface area contributed by atoms with Crippen LogP contribution in [0.5, 0.6) is 0 Å². The molecule has 5 nitrogen and oxygen atoms in total. The van der Waals surface area contributed by atoms with Gasteiger partial charge in [-0.25, -0.2) is 0 Å². The number of carbonyl (C=O) groups excluding carboxylic acids is 2. The number of nitrogens with one attached hydrogen (secondary N) is 1. The standard InChI is InChI=1S/C21H24ClN3O2.ClH/c1-24(14-16-7-3-2-4-8-16)20(26)13-19-21(27)25(12-11-23-19)15-17-9-5-6-10-18(17)22;/h2-10,19,23H,11-15H2,1H3;1H. The predicted octanol–water partition coefficient (Wildman–Crippen LogP) is 3.11. The van der Waals surface area contributed by atoms with Crippen molar-refractivity contribution in [3.63, 3.8) is 0 Å². The van der Waals surface area contributed by atoms with Crippen LogP contribution >= 0.6 is 24.0 Å². The number of hydrogen-bond donors (Lipinski definition) is 1. The normalized spacial score (nSPS) is 16.4. The zero-order chi connectivity index (χ0) is 19.2. The summed E-state index contributed by atoms with van der Waals surface area (Å²) in [7, 11) is 1.77. The third kappa shape index (κ3) is 5.71. The van der Waals surface area contributed by atoms with E-state index in [-0.39, 0.29) is 30.6 Å². The number of rotatable bonds is 6. The van der Waals surface area contributed by atoms with Gasteiger partial charge >= 0.3 is 0 Å². The molecule has 2 amide bonds. The summed E-state index contributed by atoms with van der Waals surface area (Å²) >= 11 is 6.22. The number of halogens is 2. The van der Waals surface area contributed by atoms with Gasteiger partial charge in [0, 0.05) is 38.2 Å². The Bertz CT molecular complexity index is 801. The Hall–Kier alpha value is -2.08. The van der Waals surface area contributed by atoms with Crippen LogP contribution in [0.2, 0.25) is 5.02 Å². The van der Waals surface area contributed by atoms with Crippen molar-refractivity contribution >= 4 is 35.8 Å². The maximum absolute atomic E-state index is 12.8. The summed E-state index contributed by atoms with van der Waals surface area (Å²) < 4.78 is 0. The van der Waals surface area contributed by atoms with E-state index in [1.807, 2.05) is 54.6 Å². The second-order valence-corrected chi connectivity index (χ2v) is 7.20. The molecule has 1 fully saturated rings. The minimum atomic E-state index is -0.494. The molecule has 1 N–H and O–H groups in total. The molecule has 1 unspecified atom stereocenters. The van der Waals surface area contributed by atoms with Crippen molar-refractivity contribution in [2.75, 3.05) is 20.1 Å². The van der Waals surface area contributed by atoms with E-state index in [9.17, 15) is 9.59 Å². The Kier molecular flexibility index (Phi) is 8.30. The fourth-order valence-corrected chi connectivity index (χ4v) is 3.41. The molecule has 1 aliphatic heterocycles. The van der Waals surface area contributed by atoms with Crippen LogP contribution < -0.4 is 5.32 Å². The lowest BCUT2D eigenvalue weighted by atomic mass is 10.1. The van der Waals surface area contributed by atoms with Gasteiger partial charge in [-0.15, -0.1) is 12.4 Å². The average Bonchev–Trinajstić information content (AvgIpc) is 2.67. The van der Waals surface area contributed by atoms with E-state index >= 15 is 0 Å². The minimum Gasteiger partial charge on any atom is -0.341 e. The highest BCUT2D eigenvalue weighted by atomic mass is 35.5. The summed E-state index contributed by atoms with van der Waals surface area (Å²) in [5, 5.41) is 3.83. The van der Waals surface area contributed by atoms with E-state index in [0.29, 0.717) is 31.2 Å². The van der Waals surface area contributed by atoms with Crippen molar-refractivity contribution in [1.29, 1.82) is 0 Å². The Labute approximate surface area is 177 Å². The summed E-state index contributed by atoms with van der Waals surface area (Å²) in [6.45, 7) is 2.26. The first kappa shape index (κ1) is 22.2. The lowest BCUT2D eigenvalue weighted by Crippen LogP contribution is -2.55. The zero-order valence-electron chi connectivity index (χ0n) is 15.8. The summed E-state index contributed by atoms with van der Waals surface area (Å²) in [5.41, 5.74) is 1.98. The molecule has 2 aromatic carbocycles. The molecule has 1 atom stereocenters. The fourth-order valence-electron chi connectivity index (χ4n) is 3.22. The number of amides is 2. The molecule has 0 aliphatic carbocycles. The van der Waals surface area contributed by atoms with Crippen molar-refractivity contribution in [1.82, 2.24) is 15.1 Å². The van der Waals surface area contributed by atoms with Crippen LogP contribution in [-0.4, -0.2) is 47.8 Å². The van der Waals surface area contributed by atoms with E-state index in [4.69, 9.17) is 11.6 Å². The van der Waals surface area contributed by atoms with Crippen molar-refractivity contribution in [2.24, 2.45) is 0 Å². The molecule has 1 saturated heterocycles. The summed E-state index contributed by atoms with van der Waals surface area (Å²) in [6.07, 6.45) is 0.154. The molecule has 3 rings (SSSR count). The van der Waals surface area contributed by atoms with E-state index in [0.717, 1.165) is 11.1 Å². The smallest absolute Gasteiger partial charge is 0.240 e. The van der Waals surface area contributed by atoms with Gasteiger partial charge in [0.1, 0.15) is 0 Å². The molecular formula is C21H25Cl2N3O2. The lowest BCUT2D eigenvalue weighted by molar-refractivity contribution is -0.141. The van der Waals surface area contributed by atoms with E-state index in [1.165, 1.54) is 0 Å². The summed E-state index contributed by atoms with van der Waals surface area (Å²) in [5.74, 6) is -0.105. The third-order valence-electron chi connectivity index (χ3n) is 4.77. The number of piperazine rings is 1. The highest BCUT2D eigenvalue weighted by molar-refractivity contribution is 6.31. The van der Waals surface area contributed by atoms with E-state index in [1.54, 1.807) is 16.8 Å². The molecule has 1 aliphatic rings. The van der Waals surface area contributed by atoms with Crippen LogP contribution in [0, 0.1) is 0 Å². The highest BCUT2D eigenvalue weighted by Gasteiger charge is 2.31. The Morgan fingerprint density at radius 3 is 2.57 bits per heavy atom. The second-order valence-electron chi connectivity index (χ2n) is 6.80. The summed E-state index contributed by atoms with van der Waals surface area (Å²) in [4.78, 5) is 28.8. The van der Waals surface area contributed by atoms with Crippen molar-refractivity contribution in [2.45, 2.75) is 25.6 Å². The molecule has 150 valence electrons. The molecule has 0 bridgehead atoms. The number of carbonyl (C=O) groups is 2. The Balaban J connectivity index is 0.00000280. The topological polar surface area (TPSA) is 52.7 Å². The van der Waals surface area contributed by atoms with Crippen molar-refractivity contribution < 1.29 is 9.59 Å². The van der Waals surface area contributed by atoms with Gasteiger partial charge in [-0.05, 0) is 17.2 Å². The molecule has 0 spiro atoms. The van der Waals surface area contributed by atoms with E-state index in [2.05, 4.69) is 5.32 Å². The van der Waals surface area contributed by atoms with Gasteiger partial charge in [-0.3, -0.25) is 9.59 Å². The van der Waals surface area contributed by atoms with Crippen LogP contribution in [0.25, 0.3) is 0 Å². The fraction of sp³-hybridized carbons (Fsp3) is 0.333. The van der Waals surface area contributed by atoms with Gasteiger partial charge in [0.05, 0.1) is 12.5 Å². The number of hydrogen-bond acceptors (Lipinski definition) is 3. The average molecular weight is 422 g/mol. The van der Waals surface area contributed by atoms with Crippen molar-refractivity contribution in [3.05, 3.63) is 70.7 Å². The first-order valence-electron chi connectivity index (χ1n) is 9.08. The third-order valence-corrected chi connectivity index (χ3v) is 5.14. The minimum absolute atomic E-state index is 0. The maximum Gasteiger partial charge on any atom is 0.240 e. The first-order valence-corrected chi connectivity index (χ1v) is 9.46. The quantitative estimate of drug-likeness (QED) is 0.779. The van der Waals surface area contributed by atoms with Gasteiger partial charge in [-0.2, -0.15) is 0 Å². The van der Waals surface area contributed by atoms with Gasteiger partial charge in [0.2, 0.25) is 11.8 Å². The maximum atomic E-state index is 12.8.